The molecule has 3 rings (SSSR count). The van der Waals surface area contributed by atoms with Gasteiger partial charge in [0.2, 0.25) is 0 Å². The van der Waals surface area contributed by atoms with Crippen molar-refractivity contribution in [2.45, 2.75) is 25.4 Å². The second-order valence-corrected chi connectivity index (χ2v) is 5.24. The summed E-state index contributed by atoms with van der Waals surface area (Å²) in [6.07, 6.45) is 2.04. The van der Waals surface area contributed by atoms with Crippen molar-refractivity contribution < 1.29 is 4.42 Å². The van der Waals surface area contributed by atoms with Crippen molar-refractivity contribution in [2.75, 3.05) is 0 Å². The van der Waals surface area contributed by atoms with Gasteiger partial charge >= 0.3 is 0 Å². The van der Waals surface area contributed by atoms with Crippen molar-refractivity contribution in [1.82, 2.24) is 9.55 Å². The summed E-state index contributed by atoms with van der Waals surface area (Å²) in [5, 5.41) is 0.369. The minimum Gasteiger partial charge on any atom is -0.441 e. The molecule has 0 amide bonds. The first-order valence-corrected chi connectivity index (χ1v) is 6.61. The third-order valence-corrected chi connectivity index (χ3v) is 3.79. The first-order chi connectivity index (χ1) is 8.16. The van der Waals surface area contributed by atoms with E-state index in [0.29, 0.717) is 11.0 Å². The van der Waals surface area contributed by atoms with Gasteiger partial charge in [-0.15, -0.1) is 0 Å². The largest absolute Gasteiger partial charge is 0.441 e. The van der Waals surface area contributed by atoms with Gasteiger partial charge in [-0.2, -0.15) is 0 Å². The summed E-state index contributed by atoms with van der Waals surface area (Å²) in [7, 11) is 0. The second-order valence-electron chi connectivity index (χ2n) is 4.12. The smallest absolute Gasteiger partial charge is 0.194 e. The molecule has 0 saturated carbocycles. The van der Waals surface area contributed by atoms with E-state index in [9.17, 15) is 0 Å². The predicted octanol–water partition coefficient (Wildman–Crippen LogP) is 3.35. The molecule has 1 atom stereocenters. The maximum Gasteiger partial charge on any atom is 0.194 e. The van der Waals surface area contributed by atoms with Crippen LogP contribution in [0.4, 0.5) is 0 Å². The lowest BCUT2D eigenvalue weighted by atomic mass is 10.1. The van der Waals surface area contributed by atoms with Crippen molar-refractivity contribution in [3.8, 4) is 11.6 Å². The maximum atomic E-state index is 6.10. The highest BCUT2D eigenvalue weighted by Gasteiger charge is 2.26. The molecule has 0 fully saturated rings. The van der Waals surface area contributed by atoms with Crippen LogP contribution in [0.2, 0.25) is 5.22 Å². The highest BCUT2D eigenvalue weighted by Crippen LogP contribution is 2.35. The summed E-state index contributed by atoms with van der Waals surface area (Å²) in [6.45, 7) is 0.912. The van der Waals surface area contributed by atoms with E-state index in [1.807, 2.05) is 6.07 Å². The Kier molecular flexibility index (Phi) is 2.77. The summed E-state index contributed by atoms with van der Waals surface area (Å²) in [6, 6.07) is 3.57. The molecular weight excluding hydrogens is 305 g/mol. The van der Waals surface area contributed by atoms with Crippen molar-refractivity contribution in [3.63, 3.8) is 0 Å². The number of imidazole rings is 1. The number of hydrogen-bond donors (Lipinski definition) is 1. The van der Waals surface area contributed by atoms with Crippen LogP contribution in [0.25, 0.3) is 11.6 Å². The zero-order valence-electron chi connectivity index (χ0n) is 8.99. The molecule has 0 saturated heterocycles. The summed E-state index contributed by atoms with van der Waals surface area (Å²) in [4.78, 5) is 4.47. The van der Waals surface area contributed by atoms with Crippen LogP contribution in [0.5, 0.6) is 0 Å². The number of rotatable bonds is 1. The van der Waals surface area contributed by atoms with Gasteiger partial charge in [0, 0.05) is 12.6 Å². The molecule has 0 bridgehead atoms. The molecule has 2 aromatic rings. The monoisotopic (exact) mass is 315 g/mol. The van der Waals surface area contributed by atoms with Gasteiger partial charge in [0.25, 0.3) is 0 Å². The Morgan fingerprint density at radius 2 is 2.35 bits per heavy atom. The molecule has 1 aliphatic rings. The predicted molar refractivity (Wildman–Crippen MR) is 68.8 cm³/mol. The minimum absolute atomic E-state index is 0.0322. The van der Waals surface area contributed by atoms with E-state index >= 15 is 0 Å². The van der Waals surface area contributed by atoms with Crippen LogP contribution in [0.3, 0.4) is 0 Å². The fraction of sp³-hybridized carbons (Fsp3) is 0.364. The Hall–Kier alpha value is -0.780. The SMILES string of the molecule is NC1CCCn2c(-c3ccc(Cl)o3)nc(Br)c21. The number of nitrogens with zero attached hydrogens (tertiary/aromatic N) is 2. The fourth-order valence-electron chi connectivity index (χ4n) is 2.24. The van der Waals surface area contributed by atoms with Crippen LogP contribution in [0.15, 0.2) is 21.2 Å². The summed E-state index contributed by atoms with van der Waals surface area (Å²) in [5.74, 6) is 1.46. The van der Waals surface area contributed by atoms with Gasteiger partial charge in [0.1, 0.15) is 4.60 Å². The second kappa shape index (κ2) is 4.15. The lowest BCUT2D eigenvalue weighted by molar-refractivity contribution is 0.459. The molecule has 1 aliphatic heterocycles. The molecule has 17 heavy (non-hydrogen) atoms. The van der Waals surface area contributed by atoms with Crippen LogP contribution in [-0.2, 0) is 6.54 Å². The lowest BCUT2D eigenvalue weighted by Crippen LogP contribution is -2.22. The van der Waals surface area contributed by atoms with E-state index in [2.05, 4.69) is 25.5 Å². The zero-order chi connectivity index (χ0) is 12.0. The first-order valence-electron chi connectivity index (χ1n) is 5.44. The number of hydrogen-bond acceptors (Lipinski definition) is 3. The Labute approximate surface area is 112 Å². The Morgan fingerprint density at radius 1 is 1.53 bits per heavy atom. The highest BCUT2D eigenvalue weighted by atomic mass is 79.9. The van der Waals surface area contributed by atoms with Gasteiger partial charge in [-0.25, -0.2) is 4.98 Å². The standard InChI is InChI=1S/C11H11BrClN3O/c12-10-9-6(14)2-1-5-16(9)11(15-10)7-3-4-8(13)17-7/h3-4,6H,1-2,5,14H2. The van der Waals surface area contributed by atoms with E-state index in [4.69, 9.17) is 21.8 Å². The molecule has 1 unspecified atom stereocenters. The molecule has 6 heteroatoms. The van der Waals surface area contributed by atoms with Crippen molar-refractivity contribution in [3.05, 3.63) is 27.6 Å². The van der Waals surface area contributed by atoms with Crippen LogP contribution >= 0.6 is 27.5 Å². The average Bonchev–Trinajstić information content (AvgIpc) is 2.84. The first kappa shape index (κ1) is 11.3. The maximum absolute atomic E-state index is 6.10. The van der Waals surface area contributed by atoms with Crippen molar-refractivity contribution in [1.29, 1.82) is 0 Å². The van der Waals surface area contributed by atoms with Crippen LogP contribution in [-0.4, -0.2) is 9.55 Å². The van der Waals surface area contributed by atoms with Gasteiger partial charge in [0.05, 0.1) is 5.69 Å². The van der Waals surface area contributed by atoms with Crippen LogP contribution in [0, 0.1) is 0 Å². The molecule has 0 aromatic carbocycles. The number of halogens is 2. The molecule has 90 valence electrons. The molecule has 0 spiro atoms. The van der Waals surface area contributed by atoms with E-state index in [1.54, 1.807) is 6.07 Å². The molecular formula is C11H11BrClN3O. The zero-order valence-corrected chi connectivity index (χ0v) is 11.3. The fourth-order valence-corrected chi connectivity index (χ4v) is 3.07. The normalized spacial score (nSPS) is 19.4. The molecule has 2 aromatic heterocycles. The lowest BCUT2D eigenvalue weighted by Gasteiger charge is -2.21. The minimum atomic E-state index is 0.0322. The summed E-state index contributed by atoms with van der Waals surface area (Å²) >= 11 is 9.25. The van der Waals surface area contributed by atoms with Gasteiger partial charge < -0.3 is 14.7 Å². The Balaban J connectivity index is 2.16. The van der Waals surface area contributed by atoms with E-state index in [-0.39, 0.29) is 6.04 Å². The van der Waals surface area contributed by atoms with E-state index in [1.165, 1.54) is 0 Å². The van der Waals surface area contributed by atoms with Crippen LogP contribution in [0.1, 0.15) is 24.6 Å². The van der Waals surface area contributed by atoms with Gasteiger partial charge in [0.15, 0.2) is 16.8 Å². The number of furan rings is 1. The number of aromatic nitrogens is 2. The average molecular weight is 317 g/mol. The third kappa shape index (κ3) is 1.82. The Morgan fingerprint density at radius 3 is 3.06 bits per heavy atom. The summed E-state index contributed by atoms with van der Waals surface area (Å²) < 4.78 is 8.31. The van der Waals surface area contributed by atoms with Gasteiger partial charge in [-0.1, -0.05) is 0 Å². The molecule has 2 N–H and O–H groups in total. The number of fused-ring (bicyclic) bond motifs is 1. The van der Waals surface area contributed by atoms with Crippen molar-refractivity contribution in [2.24, 2.45) is 5.73 Å². The molecule has 0 aliphatic carbocycles. The van der Waals surface area contributed by atoms with E-state index in [0.717, 1.165) is 35.5 Å². The molecule has 0 radical (unpaired) electrons. The Bertz CT molecular complexity index is 563. The number of nitrogens with two attached hydrogens (primary N) is 1. The summed E-state index contributed by atoms with van der Waals surface area (Å²) in [5.41, 5.74) is 7.14. The third-order valence-electron chi connectivity index (χ3n) is 3.00. The quantitative estimate of drug-likeness (QED) is 0.877. The molecule has 3 heterocycles. The molecule has 4 nitrogen and oxygen atoms in total. The van der Waals surface area contributed by atoms with Gasteiger partial charge in [-0.3, -0.25) is 0 Å². The highest BCUT2D eigenvalue weighted by molar-refractivity contribution is 9.10. The van der Waals surface area contributed by atoms with E-state index < -0.39 is 0 Å². The van der Waals surface area contributed by atoms with Crippen molar-refractivity contribution >= 4 is 27.5 Å². The topological polar surface area (TPSA) is 57.0 Å². The van der Waals surface area contributed by atoms with Crippen LogP contribution < -0.4 is 5.73 Å². The van der Waals surface area contributed by atoms with Gasteiger partial charge in [-0.05, 0) is 52.5 Å².